The van der Waals surface area contributed by atoms with Gasteiger partial charge in [-0.2, -0.15) is 21.6 Å². The van der Waals surface area contributed by atoms with Crippen molar-refractivity contribution >= 4 is 31.9 Å². The van der Waals surface area contributed by atoms with Crippen LogP contribution in [0, 0.1) is 13.8 Å². The summed E-state index contributed by atoms with van der Waals surface area (Å²) in [4.78, 5) is 6.36. The van der Waals surface area contributed by atoms with Crippen molar-refractivity contribution in [2.45, 2.75) is 25.6 Å². The van der Waals surface area contributed by atoms with Crippen LogP contribution in [0.2, 0.25) is 0 Å². The van der Waals surface area contributed by atoms with Crippen molar-refractivity contribution in [3.63, 3.8) is 0 Å². The molecule has 3 aromatic carbocycles. The number of aromatic nitrogens is 2. The van der Waals surface area contributed by atoms with E-state index in [4.69, 9.17) is 4.18 Å². The average Bonchev–Trinajstić information content (AvgIpc) is 3.40. The molecule has 0 saturated carbocycles. The van der Waals surface area contributed by atoms with Crippen molar-refractivity contribution in [1.29, 1.82) is 0 Å². The SMILES string of the molecule is Cc1ccc2c(C(OS(C)(=O)=O)(c3ccc(C(F)(F)F)cc3)c3c[nH]c4cc(C)ccc34)c[nH]c2c1. The van der Waals surface area contributed by atoms with E-state index in [1.54, 1.807) is 12.4 Å². The van der Waals surface area contributed by atoms with E-state index in [0.717, 1.165) is 40.5 Å². The number of H-pyrrole nitrogens is 2. The number of fused-ring (bicyclic) bond motifs is 2. The highest BCUT2D eigenvalue weighted by atomic mass is 32.2. The van der Waals surface area contributed by atoms with E-state index >= 15 is 0 Å². The highest BCUT2D eigenvalue weighted by molar-refractivity contribution is 7.86. The normalized spacial score (nSPS) is 13.1. The summed E-state index contributed by atoms with van der Waals surface area (Å²) in [5.41, 5.74) is 2.01. The summed E-state index contributed by atoms with van der Waals surface area (Å²) >= 11 is 0. The Morgan fingerprint density at radius 3 is 1.58 bits per heavy atom. The minimum Gasteiger partial charge on any atom is -0.361 e. The maximum absolute atomic E-state index is 13.4. The Morgan fingerprint density at radius 1 is 0.722 bits per heavy atom. The van der Waals surface area contributed by atoms with Gasteiger partial charge in [0, 0.05) is 45.3 Å². The van der Waals surface area contributed by atoms with Gasteiger partial charge in [-0.15, -0.1) is 0 Å². The molecule has 186 valence electrons. The maximum atomic E-state index is 13.4. The highest BCUT2D eigenvalue weighted by Crippen LogP contribution is 2.47. The molecule has 5 aromatic rings. The summed E-state index contributed by atoms with van der Waals surface area (Å²) in [5, 5.41) is 1.37. The monoisotopic (exact) mass is 512 g/mol. The van der Waals surface area contributed by atoms with Crippen molar-refractivity contribution in [3.8, 4) is 0 Å². The van der Waals surface area contributed by atoms with E-state index < -0.39 is 27.5 Å². The molecule has 0 fully saturated rings. The smallest absolute Gasteiger partial charge is 0.361 e. The van der Waals surface area contributed by atoms with E-state index in [1.165, 1.54) is 12.1 Å². The standard InChI is InChI=1S/C27H23F3N2O3S/c1-16-4-10-20-22(14-31-24(20)12-16)26(35-36(3,33)34,18-6-8-19(9-7-18)27(28,29)30)23-15-32-25-13-17(2)5-11-21(23)25/h4-15,31-32H,1-3H3. The lowest BCUT2D eigenvalue weighted by atomic mass is 9.79. The fourth-order valence-electron chi connectivity index (χ4n) is 4.78. The largest absolute Gasteiger partial charge is 0.416 e. The number of halogens is 3. The predicted molar refractivity (Wildman–Crippen MR) is 133 cm³/mol. The molecule has 0 unspecified atom stereocenters. The third kappa shape index (κ3) is 4.08. The number of hydrogen-bond acceptors (Lipinski definition) is 3. The average molecular weight is 513 g/mol. The Balaban J connectivity index is 1.91. The molecule has 0 saturated heterocycles. The molecule has 2 heterocycles. The van der Waals surface area contributed by atoms with Gasteiger partial charge in [0.25, 0.3) is 10.1 Å². The second kappa shape index (κ2) is 8.25. The third-order valence-corrected chi connectivity index (χ3v) is 6.88. The Hall–Kier alpha value is -3.56. The van der Waals surface area contributed by atoms with Crippen LogP contribution < -0.4 is 0 Å². The van der Waals surface area contributed by atoms with Crippen molar-refractivity contribution < 1.29 is 25.8 Å². The molecule has 2 aromatic heterocycles. The molecule has 0 aliphatic carbocycles. The molecule has 0 aliphatic heterocycles. The van der Waals surface area contributed by atoms with Gasteiger partial charge in [-0.3, -0.25) is 0 Å². The minimum absolute atomic E-state index is 0.240. The molecule has 9 heteroatoms. The zero-order chi connectivity index (χ0) is 25.9. The quantitative estimate of drug-likeness (QED) is 0.262. The lowest BCUT2D eigenvalue weighted by Gasteiger charge is -2.33. The topological polar surface area (TPSA) is 75.0 Å². The van der Waals surface area contributed by atoms with E-state index in [0.29, 0.717) is 21.9 Å². The van der Waals surface area contributed by atoms with Crippen LogP contribution in [0.25, 0.3) is 21.8 Å². The van der Waals surface area contributed by atoms with Gasteiger partial charge < -0.3 is 9.97 Å². The van der Waals surface area contributed by atoms with Crippen molar-refractivity contribution in [1.82, 2.24) is 9.97 Å². The second-order valence-electron chi connectivity index (χ2n) is 9.05. The first kappa shape index (κ1) is 24.1. The second-order valence-corrected chi connectivity index (χ2v) is 10.6. The first-order valence-corrected chi connectivity index (χ1v) is 12.9. The zero-order valence-electron chi connectivity index (χ0n) is 19.7. The van der Waals surface area contributed by atoms with Crippen LogP contribution in [-0.2, 0) is 26.1 Å². The summed E-state index contributed by atoms with van der Waals surface area (Å²) < 4.78 is 71.7. The van der Waals surface area contributed by atoms with Crippen LogP contribution in [0.5, 0.6) is 0 Å². The van der Waals surface area contributed by atoms with Gasteiger partial charge in [0.05, 0.1) is 11.8 Å². The summed E-state index contributed by atoms with van der Waals surface area (Å²) in [7, 11) is -4.12. The molecule has 0 aliphatic rings. The van der Waals surface area contributed by atoms with E-state index in [9.17, 15) is 21.6 Å². The van der Waals surface area contributed by atoms with Crippen LogP contribution in [-0.4, -0.2) is 24.6 Å². The first-order valence-electron chi connectivity index (χ1n) is 11.1. The fourth-order valence-corrected chi connectivity index (χ4v) is 5.51. The number of rotatable bonds is 5. The number of benzene rings is 3. The van der Waals surface area contributed by atoms with Gasteiger partial charge >= 0.3 is 6.18 Å². The summed E-state index contributed by atoms with van der Waals surface area (Å²) in [5.74, 6) is 0. The zero-order valence-corrected chi connectivity index (χ0v) is 20.5. The Morgan fingerprint density at radius 2 is 1.17 bits per heavy atom. The summed E-state index contributed by atoms with van der Waals surface area (Å²) in [6.07, 6.45) is -0.306. The maximum Gasteiger partial charge on any atom is 0.416 e. The van der Waals surface area contributed by atoms with Crippen LogP contribution in [0.4, 0.5) is 13.2 Å². The van der Waals surface area contributed by atoms with Crippen molar-refractivity contribution in [2.24, 2.45) is 0 Å². The molecule has 2 N–H and O–H groups in total. The van der Waals surface area contributed by atoms with Gasteiger partial charge in [-0.05, 0) is 54.8 Å². The molecule has 36 heavy (non-hydrogen) atoms. The lowest BCUT2D eigenvalue weighted by molar-refractivity contribution is -0.137. The molecule has 0 bridgehead atoms. The van der Waals surface area contributed by atoms with E-state index in [1.807, 2.05) is 50.2 Å². The lowest BCUT2D eigenvalue weighted by Crippen LogP contribution is -2.35. The molecular formula is C27H23F3N2O3S. The summed E-state index contributed by atoms with van der Waals surface area (Å²) in [6.45, 7) is 3.86. The first-order chi connectivity index (χ1) is 16.9. The molecular weight excluding hydrogens is 489 g/mol. The molecule has 5 rings (SSSR count). The van der Waals surface area contributed by atoms with Gasteiger partial charge in [0.2, 0.25) is 0 Å². The molecule has 0 spiro atoms. The van der Waals surface area contributed by atoms with Gasteiger partial charge in [-0.1, -0.05) is 36.4 Å². The number of aromatic amines is 2. The van der Waals surface area contributed by atoms with Crippen molar-refractivity contribution in [3.05, 3.63) is 106 Å². The van der Waals surface area contributed by atoms with Crippen LogP contribution in [0.3, 0.4) is 0 Å². The van der Waals surface area contributed by atoms with Gasteiger partial charge in [0.1, 0.15) is 0 Å². The Labute approximate surface area is 206 Å². The van der Waals surface area contributed by atoms with E-state index in [2.05, 4.69) is 9.97 Å². The van der Waals surface area contributed by atoms with Crippen molar-refractivity contribution in [2.75, 3.05) is 6.26 Å². The molecule has 0 atom stereocenters. The minimum atomic E-state index is -4.55. The highest BCUT2D eigenvalue weighted by Gasteiger charge is 2.45. The Bertz CT molecular complexity index is 1620. The predicted octanol–water partition coefficient (Wildman–Crippen LogP) is 6.55. The molecule has 0 radical (unpaired) electrons. The van der Waals surface area contributed by atoms with E-state index in [-0.39, 0.29) is 5.56 Å². The number of hydrogen-bond donors (Lipinski definition) is 2. The van der Waals surface area contributed by atoms with Gasteiger partial charge in [0.15, 0.2) is 5.60 Å². The fraction of sp³-hybridized carbons (Fsp3) is 0.185. The molecule has 5 nitrogen and oxygen atoms in total. The molecule has 0 amide bonds. The Kier molecular flexibility index (Phi) is 5.53. The summed E-state index contributed by atoms with van der Waals surface area (Å²) in [6, 6.07) is 15.7. The van der Waals surface area contributed by atoms with Gasteiger partial charge in [-0.25, -0.2) is 4.18 Å². The van der Waals surface area contributed by atoms with Crippen LogP contribution in [0.1, 0.15) is 33.4 Å². The number of alkyl halides is 3. The number of aryl methyl sites for hydroxylation is 2. The van der Waals surface area contributed by atoms with Crippen LogP contribution >= 0.6 is 0 Å². The van der Waals surface area contributed by atoms with Crippen LogP contribution in [0.15, 0.2) is 73.1 Å². The third-order valence-electron chi connectivity index (χ3n) is 6.33. The number of nitrogens with one attached hydrogen (secondary N) is 2.